The molecule has 1 aromatic carbocycles. The highest BCUT2D eigenvalue weighted by Crippen LogP contribution is 2.24. The molecule has 0 N–H and O–H groups in total. The number of rotatable bonds is 5. The third kappa shape index (κ3) is 4.26. The van der Waals surface area contributed by atoms with Crippen LogP contribution in [0, 0.1) is 12.8 Å². The first-order chi connectivity index (χ1) is 12.2. The number of hydrogen-bond donors (Lipinski definition) is 0. The van der Waals surface area contributed by atoms with Crippen molar-refractivity contribution in [1.82, 2.24) is 9.97 Å². The van der Waals surface area contributed by atoms with E-state index in [1.54, 1.807) is 25.6 Å². The van der Waals surface area contributed by atoms with Gasteiger partial charge in [-0.25, -0.2) is 9.97 Å². The number of benzene rings is 1. The fourth-order valence-corrected chi connectivity index (χ4v) is 3.06. The Morgan fingerprint density at radius 3 is 2.64 bits per heavy atom. The number of carbonyl (C=O) groups is 1. The van der Waals surface area contributed by atoms with Gasteiger partial charge in [0.2, 0.25) is 5.95 Å². The lowest BCUT2D eigenvalue weighted by Gasteiger charge is -2.30. The molecule has 1 aliphatic heterocycles. The Morgan fingerprint density at radius 1 is 1.24 bits per heavy atom. The number of ether oxygens (including phenoxy) is 2. The van der Waals surface area contributed by atoms with Crippen molar-refractivity contribution in [2.75, 3.05) is 25.1 Å². The number of aromatic nitrogens is 2. The molecular weight excluding hydrogens is 318 g/mol. The quantitative estimate of drug-likeness (QED) is 0.779. The standard InChI is InChI=1S/C19H23N3O3/c1-14-4-5-17(24-2)16(12-14)13-25-18(23)15-6-10-22(11-7-15)19-20-8-3-9-21-19/h3-5,8-9,12,15H,6-7,10-11,13H2,1-2H3. The zero-order chi connectivity index (χ0) is 17.6. The summed E-state index contributed by atoms with van der Waals surface area (Å²) >= 11 is 0. The molecule has 25 heavy (non-hydrogen) atoms. The number of methoxy groups -OCH3 is 1. The second kappa shape index (κ2) is 7.96. The van der Waals surface area contributed by atoms with Gasteiger partial charge in [-0.1, -0.05) is 11.6 Å². The molecule has 0 radical (unpaired) electrons. The van der Waals surface area contributed by atoms with Crippen molar-refractivity contribution in [1.29, 1.82) is 0 Å². The van der Waals surface area contributed by atoms with E-state index in [9.17, 15) is 4.79 Å². The molecule has 132 valence electrons. The Bertz CT molecular complexity index is 713. The molecule has 2 aromatic rings. The second-order valence-electron chi connectivity index (χ2n) is 6.23. The molecule has 0 bridgehead atoms. The summed E-state index contributed by atoms with van der Waals surface area (Å²) in [6, 6.07) is 7.66. The van der Waals surface area contributed by atoms with Crippen molar-refractivity contribution in [2.45, 2.75) is 26.4 Å². The van der Waals surface area contributed by atoms with Crippen LogP contribution in [0.2, 0.25) is 0 Å². The maximum atomic E-state index is 12.4. The van der Waals surface area contributed by atoms with Gasteiger partial charge in [-0.2, -0.15) is 0 Å². The number of hydrogen-bond acceptors (Lipinski definition) is 6. The van der Waals surface area contributed by atoms with Crippen molar-refractivity contribution in [3.8, 4) is 5.75 Å². The van der Waals surface area contributed by atoms with Gasteiger partial charge in [0.15, 0.2) is 0 Å². The smallest absolute Gasteiger partial charge is 0.309 e. The zero-order valence-corrected chi connectivity index (χ0v) is 14.6. The molecule has 0 spiro atoms. The van der Waals surface area contributed by atoms with Crippen molar-refractivity contribution in [2.24, 2.45) is 5.92 Å². The molecule has 6 heteroatoms. The van der Waals surface area contributed by atoms with Gasteiger partial charge in [-0.05, 0) is 38.0 Å². The highest BCUT2D eigenvalue weighted by atomic mass is 16.5. The van der Waals surface area contributed by atoms with Gasteiger partial charge >= 0.3 is 5.97 Å². The molecule has 0 atom stereocenters. The van der Waals surface area contributed by atoms with E-state index in [1.165, 1.54) is 0 Å². The topological polar surface area (TPSA) is 64.6 Å². The number of anilines is 1. The number of aryl methyl sites for hydroxylation is 1. The van der Waals surface area contributed by atoms with Gasteiger partial charge in [0, 0.05) is 31.0 Å². The SMILES string of the molecule is COc1ccc(C)cc1COC(=O)C1CCN(c2ncccn2)CC1. The van der Waals surface area contributed by atoms with Crippen LogP contribution in [0.1, 0.15) is 24.0 Å². The molecule has 6 nitrogen and oxygen atoms in total. The fourth-order valence-electron chi connectivity index (χ4n) is 3.06. The third-order valence-corrected chi connectivity index (χ3v) is 4.47. The van der Waals surface area contributed by atoms with E-state index in [0.29, 0.717) is 0 Å². The molecule has 1 fully saturated rings. The zero-order valence-electron chi connectivity index (χ0n) is 14.6. The number of piperidine rings is 1. The number of nitrogens with zero attached hydrogens (tertiary/aromatic N) is 3. The normalized spacial score (nSPS) is 15.0. The van der Waals surface area contributed by atoms with Gasteiger partial charge in [0.1, 0.15) is 12.4 Å². The molecule has 0 aliphatic carbocycles. The maximum absolute atomic E-state index is 12.4. The lowest BCUT2D eigenvalue weighted by atomic mass is 9.97. The number of carbonyl (C=O) groups excluding carboxylic acids is 1. The maximum Gasteiger partial charge on any atom is 0.309 e. The molecule has 0 saturated carbocycles. The summed E-state index contributed by atoms with van der Waals surface area (Å²) in [4.78, 5) is 23.0. The first-order valence-electron chi connectivity index (χ1n) is 8.49. The average Bonchev–Trinajstić information content (AvgIpc) is 2.67. The number of esters is 1. The largest absolute Gasteiger partial charge is 0.496 e. The summed E-state index contributed by atoms with van der Waals surface area (Å²) in [5, 5.41) is 0. The van der Waals surface area contributed by atoms with Gasteiger partial charge < -0.3 is 14.4 Å². The molecule has 0 amide bonds. The van der Waals surface area contributed by atoms with Crippen molar-refractivity contribution in [3.63, 3.8) is 0 Å². The second-order valence-corrected chi connectivity index (χ2v) is 6.23. The Balaban J connectivity index is 1.52. The van der Waals surface area contributed by atoms with Crippen LogP contribution >= 0.6 is 0 Å². The van der Waals surface area contributed by atoms with Crippen molar-refractivity contribution < 1.29 is 14.3 Å². The average molecular weight is 341 g/mol. The minimum Gasteiger partial charge on any atom is -0.496 e. The van der Waals surface area contributed by atoms with Crippen LogP contribution in [0.4, 0.5) is 5.95 Å². The predicted molar refractivity (Wildman–Crippen MR) is 94.5 cm³/mol. The summed E-state index contributed by atoms with van der Waals surface area (Å²) in [5.41, 5.74) is 2.01. The van der Waals surface area contributed by atoms with E-state index in [-0.39, 0.29) is 18.5 Å². The molecule has 2 heterocycles. The Labute approximate surface area is 147 Å². The van der Waals surface area contributed by atoms with Crippen LogP contribution in [0.25, 0.3) is 0 Å². The van der Waals surface area contributed by atoms with Crippen LogP contribution < -0.4 is 9.64 Å². The highest BCUT2D eigenvalue weighted by molar-refractivity contribution is 5.73. The molecule has 1 saturated heterocycles. The highest BCUT2D eigenvalue weighted by Gasteiger charge is 2.27. The Kier molecular flexibility index (Phi) is 5.48. The van der Waals surface area contributed by atoms with Crippen molar-refractivity contribution >= 4 is 11.9 Å². The Morgan fingerprint density at radius 2 is 1.96 bits per heavy atom. The van der Waals surface area contributed by atoms with Crippen LogP contribution in [0.5, 0.6) is 5.75 Å². The van der Waals surface area contributed by atoms with Crippen LogP contribution in [-0.2, 0) is 16.1 Å². The lowest BCUT2D eigenvalue weighted by molar-refractivity contribution is -0.150. The van der Waals surface area contributed by atoms with Gasteiger partial charge in [0.05, 0.1) is 13.0 Å². The minimum absolute atomic E-state index is 0.0734. The van der Waals surface area contributed by atoms with E-state index in [1.807, 2.05) is 25.1 Å². The predicted octanol–water partition coefficient (Wildman–Crippen LogP) is 2.75. The van der Waals surface area contributed by atoms with E-state index < -0.39 is 0 Å². The molecule has 0 unspecified atom stereocenters. The van der Waals surface area contributed by atoms with Gasteiger partial charge in [0.25, 0.3) is 0 Å². The summed E-state index contributed by atoms with van der Waals surface area (Å²) in [6.07, 6.45) is 4.97. The summed E-state index contributed by atoms with van der Waals surface area (Å²) in [7, 11) is 1.62. The summed E-state index contributed by atoms with van der Waals surface area (Å²) in [5.74, 6) is 1.25. The fraction of sp³-hybridized carbons (Fsp3) is 0.421. The molecule has 1 aliphatic rings. The minimum atomic E-state index is -0.141. The molecule has 3 rings (SSSR count). The molecule has 1 aromatic heterocycles. The molecular formula is C19H23N3O3. The van der Waals surface area contributed by atoms with Crippen LogP contribution in [-0.4, -0.2) is 36.1 Å². The Hall–Kier alpha value is -2.63. The lowest BCUT2D eigenvalue weighted by Crippen LogP contribution is -2.37. The van der Waals surface area contributed by atoms with Gasteiger partial charge in [-0.3, -0.25) is 4.79 Å². The van der Waals surface area contributed by atoms with Crippen molar-refractivity contribution in [3.05, 3.63) is 47.8 Å². The monoisotopic (exact) mass is 341 g/mol. The van der Waals surface area contributed by atoms with Gasteiger partial charge in [-0.15, -0.1) is 0 Å². The van der Waals surface area contributed by atoms with E-state index in [4.69, 9.17) is 9.47 Å². The van der Waals surface area contributed by atoms with E-state index >= 15 is 0 Å². The van der Waals surface area contributed by atoms with E-state index in [0.717, 1.165) is 48.8 Å². The van der Waals surface area contributed by atoms with Crippen LogP contribution in [0.15, 0.2) is 36.7 Å². The first kappa shape index (κ1) is 17.2. The summed E-state index contributed by atoms with van der Waals surface area (Å²) < 4.78 is 10.9. The third-order valence-electron chi connectivity index (χ3n) is 4.47. The first-order valence-corrected chi connectivity index (χ1v) is 8.49. The van der Waals surface area contributed by atoms with Crippen LogP contribution in [0.3, 0.4) is 0 Å². The summed E-state index contributed by atoms with van der Waals surface area (Å²) in [6.45, 7) is 3.77. The van der Waals surface area contributed by atoms with E-state index in [2.05, 4.69) is 14.9 Å².